The van der Waals surface area contributed by atoms with E-state index < -0.39 is 24.4 Å². The molecule has 0 unspecified atom stereocenters. The minimum absolute atomic E-state index is 0.0594. The number of hydrazone groups is 1. The fraction of sp³-hybridized carbons (Fsp3) is 0.286. The van der Waals surface area contributed by atoms with E-state index in [4.69, 9.17) is 10.5 Å². The van der Waals surface area contributed by atoms with Gasteiger partial charge in [-0.2, -0.15) is 5.10 Å². The molecule has 2 heterocycles. The molecular formula is C21H20N4O5S. The number of esters is 1. The van der Waals surface area contributed by atoms with Crippen molar-refractivity contribution in [2.45, 2.75) is 32.1 Å². The lowest BCUT2D eigenvalue weighted by Crippen LogP contribution is -2.35. The number of thiophene rings is 1. The number of nitrogens with one attached hydrogen (secondary N) is 1. The third-order valence-electron chi connectivity index (χ3n) is 5.02. The van der Waals surface area contributed by atoms with Crippen molar-refractivity contribution in [3.8, 4) is 0 Å². The van der Waals surface area contributed by atoms with Gasteiger partial charge in [-0.1, -0.05) is 18.2 Å². The van der Waals surface area contributed by atoms with Crippen molar-refractivity contribution < 1.29 is 23.9 Å². The Morgan fingerprint density at radius 1 is 1.13 bits per heavy atom. The quantitative estimate of drug-likeness (QED) is 0.663. The topological polar surface area (TPSA) is 131 Å². The van der Waals surface area contributed by atoms with E-state index >= 15 is 0 Å². The van der Waals surface area contributed by atoms with Crippen molar-refractivity contribution in [1.82, 2.24) is 0 Å². The predicted molar refractivity (Wildman–Crippen MR) is 115 cm³/mol. The van der Waals surface area contributed by atoms with Crippen LogP contribution < -0.4 is 16.1 Å². The highest BCUT2D eigenvalue weighted by atomic mass is 32.1. The number of rotatable bonds is 6. The Labute approximate surface area is 181 Å². The Morgan fingerprint density at radius 3 is 2.65 bits per heavy atom. The number of nitrogens with zero attached hydrogens (tertiary/aromatic N) is 2. The van der Waals surface area contributed by atoms with Gasteiger partial charge >= 0.3 is 5.97 Å². The van der Waals surface area contributed by atoms with E-state index in [9.17, 15) is 19.2 Å². The molecule has 1 aliphatic heterocycles. The first-order chi connectivity index (χ1) is 14.9. The third kappa shape index (κ3) is 4.33. The SMILES string of the molecule is NC(=O)c1c(NC(=O)COC(=O)C2=NN(c3ccccc3)C(=O)CC2)sc2c1CCC2. The molecular weight excluding hydrogens is 420 g/mol. The summed E-state index contributed by atoms with van der Waals surface area (Å²) in [4.78, 5) is 49.7. The maximum Gasteiger partial charge on any atom is 0.355 e. The summed E-state index contributed by atoms with van der Waals surface area (Å²) in [5.74, 6) is -2.17. The lowest BCUT2D eigenvalue weighted by Gasteiger charge is -2.22. The Morgan fingerprint density at radius 2 is 1.90 bits per heavy atom. The molecule has 0 saturated carbocycles. The van der Waals surface area contributed by atoms with Crippen molar-refractivity contribution in [2.24, 2.45) is 10.8 Å². The average molecular weight is 440 g/mol. The maximum absolute atomic E-state index is 12.4. The van der Waals surface area contributed by atoms with Gasteiger partial charge in [0.1, 0.15) is 10.7 Å². The zero-order chi connectivity index (χ0) is 22.0. The minimum Gasteiger partial charge on any atom is -0.451 e. The second-order valence-corrected chi connectivity index (χ2v) is 8.24. The molecule has 9 nitrogen and oxygen atoms in total. The molecule has 0 spiro atoms. The standard InChI is InChI=1S/C21H20N4O5S/c22-19(28)18-13-7-4-8-15(13)31-20(18)23-16(26)11-30-21(29)14-9-10-17(27)25(24-14)12-5-2-1-3-6-12/h1-3,5-6H,4,7-11H2,(H2,22,28)(H,23,26). The second kappa shape index (κ2) is 8.68. The van der Waals surface area contributed by atoms with Crippen LogP contribution in [0, 0.1) is 0 Å². The molecule has 0 atom stereocenters. The van der Waals surface area contributed by atoms with Gasteiger partial charge in [-0.3, -0.25) is 14.4 Å². The third-order valence-corrected chi connectivity index (χ3v) is 6.23. The van der Waals surface area contributed by atoms with Gasteiger partial charge in [0.2, 0.25) is 5.91 Å². The monoisotopic (exact) mass is 440 g/mol. The van der Waals surface area contributed by atoms with Crippen LogP contribution in [0.1, 0.15) is 40.1 Å². The van der Waals surface area contributed by atoms with Gasteiger partial charge in [0, 0.05) is 17.7 Å². The Kier molecular flexibility index (Phi) is 5.81. The number of fused-ring (bicyclic) bond motifs is 1. The van der Waals surface area contributed by atoms with Gasteiger partial charge < -0.3 is 15.8 Å². The van der Waals surface area contributed by atoms with E-state index in [1.54, 1.807) is 30.3 Å². The summed E-state index contributed by atoms with van der Waals surface area (Å²) >= 11 is 1.32. The van der Waals surface area contributed by atoms with Crippen molar-refractivity contribution in [3.63, 3.8) is 0 Å². The molecule has 2 aromatic rings. The first-order valence-electron chi connectivity index (χ1n) is 9.81. The van der Waals surface area contributed by atoms with Crippen LogP contribution in [-0.2, 0) is 32.0 Å². The summed E-state index contributed by atoms with van der Waals surface area (Å²) < 4.78 is 5.08. The maximum atomic E-state index is 12.4. The Hall–Kier alpha value is -3.53. The number of carbonyl (C=O) groups is 4. The number of amides is 3. The summed E-state index contributed by atoms with van der Waals surface area (Å²) in [5, 5.41) is 8.26. The molecule has 160 valence electrons. The minimum atomic E-state index is -0.771. The fourth-order valence-corrected chi connectivity index (χ4v) is 4.91. The van der Waals surface area contributed by atoms with E-state index in [1.807, 2.05) is 0 Å². The molecule has 1 aromatic carbocycles. The number of ether oxygens (including phenoxy) is 1. The van der Waals surface area contributed by atoms with Crippen LogP contribution in [0.4, 0.5) is 10.7 Å². The summed E-state index contributed by atoms with van der Waals surface area (Å²) in [7, 11) is 0. The van der Waals surface area contributed by atoms with Crippen LogP contribution in [0.15, 0.2) is 35.4 Å². The molecule has 0 fully saturated rings. The van der Waals surface area contributed by atoms with E-state index in [0.717, 1.165) is 34.7 Å². The largest absolute Gasteiger partial charge is 0.451 e. The van der Waals surface area contributed by atoms with E-state index in [1.165, 1.54) is 11.3 Å². The summed E-state index contributed by atoms with van der Waals surface area (Å²) in [6.45, 7) is -0.544. The first kappa shape index (κ1) is 20.7. The van der Waals surface area contributed by atoms with Crippen molar-refractivity contribution in [3.05, 3.63) is 46.3 Å². The zero-order valence-corrected chi connectivity index (χ0v) is 17.4. The molecule has 3 N–H and O–H groups in total. The average Bonchev–Trinajstić information content (AvgIpc) is 3.33. The van der Waals surface area contributed by atoms with Crippen LogP contribution >= 0.6 is 11.3 Å². The molecule has 4 rings (SSSR count). The number of carbonyl (C=O) groups excluding carboxylic acids is 4. The Balaban J connectivity index is 1.39. The van der Waals surface area contributed by atoms with Crippen LogP contribution in [0.2, 0.25) is 0 Å². The summed E-state index contributed by atoms with van der Waals surface area (Å²) in [6, 6.07) is 8.74. The second-order valence-electron chi connectivity index (χ2n) is 7.14. The lowest BCUT2D eigenvalue weighted by molar-refractivity contribution is -0.140. The molecule has 10 heteroatoms. The summed E-state index contributed by atoms with van der Waals surface area (Å²) in [5.41, 5.74) is 7.32. The highest BCUT2D eigenvalue weighted by Crippen LogP contribution is 2.38. The van der Waals surface area contributed by atoms with Crippen LogP contribution in [0.3, 0.4) is 0 Å². The molecule has 3 amide bonds. The fourth-order valence-electron chi connectivity index (χ4n) is 3.60. The number of anilines is 2. The van der Waals surface area contributed by atoms with Gasteiger partial charge in [-0.25, -0.2) is 9.80 Å². The van der Waals surface area contributed by atoms with Crippen LogP contribution in [0.5, 0.6) is 0 Å². The van der Waals surface area contributed by atoms with Crippen molar-refractivity contribution in [2.75, 3.05) is 16.9 Å². The number of aryl methyl sites for hydroxylation is 1. The van der Waals surface area contributed by atoms with Crippen LogP contribution in [-0.4, -0.2) is 36.0 Å². The molecule has 1 aliphatic carbocycles. The molecule has 0 saturated heterocycles. The molecule has 1 aromatic heterocycles. The number of hydrogen-bond donors (Lipinski definition) is 2. The van der Waals surface area contributed by atoms with E-state index in [-0.39, 0.29) is 24.5 Å². The van der Waals surface area contributed by atoms with Gasteiger partial charge in [0.05, 0.1) is 11.3 Å². The number of benzene rings is 1. The van der Waals surface area contributed by atoms with Gasteiger partial charge in [0.25, 0.3) is 11.8 Å². The molecule has 31 heavy (non-hydrogen) atoms. The normalized spacial score (nSPS) is 15.3. The number of hydrogen-bond acceptors (Lipinski definition) is 7. The molecule has 0 radical (unpaired) electrons. The van der Waals surface area contributed by atoms with Gasteiger partial charge in [-0.05, 0) is 37.0 Å². The Bertz CT molecular complexity index is 1090. The molecule has 2 aliphatic rings. The number of para-hydroxylation sites is 1. The van der Waals surface area contributed by atoms with E-state index in [0.29, 0.717) is 16.3 Å². The summed E-state index contributed by atoms with van der Waals surface area (Å²) in [6.07, 6.45) is 2.80. The van der Waals surface area contributed by atoms with Crippen molar-refractivity contribution >= 4 is 51.4 Å². The van der Waals surface area contributed by atoms with Crippen molar-refractivity contribution in [1.29, 1.82) is 0 Å². The predicted octanol–water partition coefficient (Wildman–Crippen LogP) is 2.00. The highest BCUT2D eigenvalue weighted by molar-refractivity contribution is 7.17. The van der Waals surface area contributed by atoms with Gasteiger partial charge in [0.15, 0.2) is 6.61 Å². The number of nitrogens with two attached hydrogens (primary N) is 1. The number of primary amides is 1. The first-order valence-corrected chi connectivity index (χ1v) is 10.6. The lowest BCUT2D eigenvalue weighted by atomic mass is 10.1. The zero-order valence-electron chi connectivity index (χ0n) is 16.6. The van der Waals surface area contributed by atoms with E-state index in [2.05, 4.69) is 10.4 Å². The van der Waals surface area contributed by atoms with Crippen LogP contribution in [0.25, 0.3) is 0 Å². The highest BCUT2D eigenvalue weighted by Gasteiger charge is 2.28. The smallest absolute Gasteiger partial charge is 0.355 e. The van der Waals surface area contributed by atoms with Gasteiger partial charge in [-0.15, -0.1) is 11.3 Å². The molecule has 0 bridgehead atoms.